The van der Waals surface area contributed by atoms with Crippen molar-refractivity contribution in [3.05, 3.63) is 24.5 Å². The second-order valence-corrected chi connectivity index (χ2v) is 4.03. The lowest BCUT2D eigenvalue weighted by Crippen LogP contribution is -2.28. The Kier molecular flexibility index (Phi) is 3.82. The third-order valence-corrected chi connectivity index (χ3v) is 2.54. The van der Waals surface area contributed by atoms with Crippen LogP contribution < -0.4 is 11.1 Å². The molecule has 2 heterocycles. The van der Waals surface area contributed by atoms with Crippen LogP contribution in [0.1, 0.15) is 19.8 Å². The highest BCUT2D eigenvalue weighted by Crippen LogP contribution is 2.10. The van der Waals surface area contributed by atoms with Crippen LogP contribution in [0.25, 0.3) is 11.2 Å². The molecule has 0 aliphatic carbocycles. The molecule has 0 aliphatic rings. The van der Waals surface area contributed by atoms with Gasteiger partial charge in [-0.05, 0) is 18.6 Å². The topological polar surface area (TPSA) is 76.7 Å². The van der Waals surface area contributed by atoms with Crippen LogP contribution in [0, 0.1) is 0 Å². The SMILES string of the molecule is CCCC(N)CNc1ccc2nccnc2n1. The van der Waals surface area contributed by atoms with Crippen LogP contribution in [-0.2, 0) is 0 Å². The van der Waals surface area contributed by atoms with Gasteiger partial charge in [0.1, 0.15) is 11.3 Å². The highest BCUT2D eigenvalue weighted by atomic mass is 15.0. The maximum absolute atomic E-state index is 5.93. The first kappa shape index (κ1) is 11.7. The molecule has 0 amide bonds. The zero-order valence-electron chi connectivity index (χ0n) is 9.93. The number of fused-ring (bicyclic) bond motifs is 1. The second-order valence-electron chi connectivity index (χ2n) is 4.03. The Morgan fingerprint density at radius 3 is 2.94 bits per heavy atom. The van der Waals surface area contributed by atoms with Crippen LogP contribution in [0.3, 0.4) is 0 Å². The van der Waals surface area contributed by atoms with Gasteiger partial charge in [-0.3, -0.25) is 4.98 Å². The lowest BCUT2D eigenvalue weighted by Gasteiger charge is -2.11. The molecule has 2 rings (SSSR count). The van der Waals surface area contributed by atoms with Crippen molar-refractivity contribution >= 4 is 17.0 Å². The van der Waals surface area contributed by atoms with Crippen LogP contribution in [0.15, 0.2) is 24.5 Å². The van der Waals surface area contributed by atoms with E-state index in [2.05, 4.69) is 27.2 Å². The molecule has 0 radical (unpaired) electrons. The van der Waals surface area contributed by atoms with Gasteiger partial charge in [-0.2, -0.15) is 0 Å². The predicted octanol–water partition coefficient (Wildman–Crippen LogP) is 1.56. The van der Waals surface area contributed by atoms with Gasteiger partial charge < -0.3 is 11.1 Å². The van der Waals surface area contributed by atoms with Crippen molar-refractivity contribution in [2.24, 2.45) is 5.73 Å². The first-order chi connectivity index (χ1) is 8.29. The number of rotatable bonds is 5. The Morgan fingerprint density at radius 2 is 2.12 bits per heavy atom. The summed E-state index contributed by atoms with van der Waals surface area (Å²) in [4.78, 5) is 12.7. The Balaban J connectivity index is 2.04. The summed E-state index contributed by atoms with van der Waals surface area (Å²) in [5, 5.41) is 3.22. The summed E-state index contributed by atoms with van der Waals surface area (Å²) >= 11 is 0. The van der Waals surface area contributed by atoms with E-state index < -0.39 is 0 Å². The van der Waals surface area contributed by atoms with Crippen LogP contribution in [0.2, 0.25) is 0 Å². The van der Waals surface area contributed by atoms with Gasteiger partial charge in [0.25, 0.3) is 0 Å². The number of nitrogens with zero attached hydrogens (tertiary/aromatic N) is 3. The van der Waals surface area contributed by atoms with E-state index in [1.165, 1.54) is 0 Å². The summed E-state index contributed by atoms with van der Waals surface area (Å²) in [5.41, 5.74) is 7.38. The van der Waals surface area contributed by atoms with E-state index in [4.69, 9.17) is 5.73 Å². The Morgan fingerprint density at radius 1 is 1.29 bits per heavy atom. The van der Waals surface area contributed by atoms with Crippen molar-refractivity contribution in [3.63, 3.8) is 0 Å². The zero-order valence-corrected chi connectivity index (χ0v) is 9.93. The quantitative estimate of drug-likeness (QED) is 0.816. The molecule has 5 heteroatoms. The maximum atomic E-state index is 5.93. The molecule has 2 aromatic rings. The average molecular weight is 231 g/mol. The number of aromatic nitrogens is 3. The van der Waals surface area contributed by atoms with Crippen LogP contribution in [0.4, 0.5) is 5.82 Å². The standard InChI is InChI=1S/C12H17N5/c1-2-3-9(13)8-16-11-5-4-10-12(17-11)15-7-6-14-10/h4-7,9H,2-3,8,13H2,1H3,(H,15,16,17). The predicted molar refractivity (Wildman–Crippen MR) is 68.7 cm³/mol. The van der Waals surface area contributed by atoms with E-state index in [1.807, 2.05) is 12.1 Å². The fraction of sp³-hybridized carbons (Fsp3) is 0.417. The largest absolute Gasteiger partial charge is 0.368 e. The molecule has 0 saturated heterocycles. The van der Waals surface area contributed by atoms with Gasteiger partial charge in [-0.15, -0.1) is 0 Å². The van der Waals surface area contributed by atoms with Gasteiger partial charge >= 0.3 is 0 Å². The molecule has 0 aliphatic heterocycles. The minimum absolute atomic E-state index is 0.166. The second kappa shape index (κ2) is 5.54. The number of pyridine rings is 1. The maximum Gasteiger partial charge on any atom is 0.180 e. The summed E-state index contributed by atoms with van der Waals surface area (Å²) in [6.07, 6.45) is 5.41. The molecule has 0 aromatic carbocycles. The number of hydrogen-bond acceptors (Lipinski definition) is 5. The number of hydrogen-bond donors (Lipinski definition) is 2. The van der Waals surface area contributed by atoms with Crippen molar-refractivity contribution in [3.8, 4) is 0 Å². The lowest BCUT2D eigenvalue weighted by atomic mass is 10.2. The molecule has 0 spiro atoms. The molecule has 0 fully saturated rings. The van der Waals surface area contributed by atoms with E-state index in [0.717, 1.165) is 30.7 Å². The Labute approximate surface area is 100 Å². The van der Waals surface area contributed by atoms with E-state index >= 15 is 0 Å². The molecular weight excluding hydrogens is 214 g/mol. The zero-order chi connectivity index (χ0) is 12.1. The highest BCUT2D eigenvalue weighted by Gasteiger charge is 2.03. The van der Waals surface area contributed by atoms with Crippen molar-refractivity contribution in [2.75, 3.05) is 11.9 Å². The molecule has 90 valence electrons. The van der Waals surface area contributed by atoms with E-state index in [1.54, 1.807) is 12.4 Å². The highest BCUT2D eigenvalue weighted by molar-refractivity contribution is 5.71. The van der Waals surface area contributed by atoms with E-state index in [-0.39, 0.29) is 6.04 Å². The first-order valence-corrected chi connectivity index (χ1v) is 5.87. The third kappa shape index (κ3) is 3.10. The van der Waals surface area contributed by atoms with Crippen molar-refractivity contribution in [1.82, 2.24) is 15.0 Å². The van der Waals surface area contributed by atoms with Gasteiger partial charge in [0.15, 0.2) is 5.65 Å². The fourth-order valence-electron chi connectivity index (χ4n) is 1.66. The first-order valence-electron chi connectivity index (χ1n) is 5.87. The average Bonchev–Trinajstić information content (AvgIpc) is 2.36. The number of anilines is 1. The number of nitrogens with one attached hydrogen (secondary N) is 1. The summed E-state index contributed by atoms with van der Waals surface area (Å²) in [5.74, 6) is 0.796. The molecule has 0 saturated carbocycles. The van der Waals surface area contributed by atoms with Gasteiger partial charge in [0, 0.05) is 25.0 Å². The van der Waals surface area contributed by atoms with E-state index in [0.29, 0.717) is 5.65 Å². The molecule has 1 unspecified atom stereocenters. The normalized spacial score (nSPS) is 12.6. The minimum atomic E-state index is 0.166. The van der Waals surface area contributed by atoms with Crippen LogP contribution in [-0.4, -0.2) is 27.5 Å². The molecule has 1 atom stereocenters. The number of nitrogens with two attached hydrogens (primary N) is 1. The van der Waals surface area contributed by atoms with Gasteiger partial charge in [-0.25, -0.2) is 9.97 Å². The molecule has 2 aromatic heterocycles. The molecule has 3 N–H and O–H groups in total. The molecule has 5 nitrogen and oxygen atoms in total. The third-order valence-electron chi connectivity index (χ3n) is 2.54. The van der Waals surface area contributed by atoms with E-state index in [9.17, 15) is 0 Å². The van der Waals surface area contributed by atoms with Gasteiger partial charge in [0.05, 0.1) is 0 Å². The van der Waals surface area contributed by atoms with Crippen molar-refractivity contribution in [2.45, 2.75) is 25.8 Å². The smallest absolute Gasteiger partial charge is 0.180 e. The monoisotopic (exact) mass is 231 g/mol. The van der Waals surface area contributed by atoms with Gasteiger partial charge in [-0.1, -0.05) is 13.3 Å². The van der Waals surface area contributed by atoms with Crippen molar-refractivity contribution < 1.29 is 0 Å². The molecule has 17 heavy (non-hydrogen) atoms. The minimum Gasteiger partial charge on any atom is -0.368 e. The van der Waals surface area contributed by atoms with Crippen LogP contribution in [0.5, 0.6) is 0 Å². The summed E-state index contributed by atoms with van der Waals surface area (Å²) < 4.78 is 0. The summed E-state index contributed by atoms with van der Waals surface area (Å²) in [7, 11) is 0. The summed E-state index contributed by atoms with van der Waals surface area (Å²) in [6.45, 7) is 2.86. The Bertz CT molecular complexity index is 485. The van der Waals surface area contributed by atoms with Crippen molar-refractivity contribution in [1.29, 1.82) is 0 Å². The van der Waals surface area contributed by atoms with Crippen LogP contribution >= 0.6 is 0 Å². The van der Waals surface area contributed by atoms with Gasteiger partial charge in [0.2, 0.25) is 0 Å². The Hall–Kier alpha value is -1.75. The summed E-state index contributed by atoms with van der Waals surface area (Å²) in [6, 6.07) is 3.97. The fourth-order valence-corrected chi connectivity index (χ4v) is 1.66. The lowest BCUT2D eigenvalue weighted by molar-refractivity contribution is 0.626. The molecular formula is C12H17N5. The molecule has 0 bridgehead atoms.